The van der Waals surface area contributed by atoms with Crippen LogP contribution in [0.25, 0.3) is 16.9 Å². The number of carbonyl (C=O) groups is 1. The van der Waals surface area contributed by atoms with Gasteiger partial charge in [0, 0.05) is 30.0 Å². The van der Waals surface area contributed by atoms with Gasteiger partial charge in [-0.25, -0.2) is 4.98 Å². The van der Waals surface area contributed by atoms with Crippen molar-refractivity contribution in [3.63, 3.8) is 0 Å². The highest BCUT2D eigenvalue weighted by Gasteiger charge is 2.18. The largest absolute Gasteiger partial charge is 0.490 e. The molecular weight excluding hydrogens is 488 g/mol. The second-order valence-electron chi connectivity index (χ2n) is 9.21. The van der Waals surface area contributed by atoms with Gasteiger partial charge in [-0.3, -0.25) is 9.20 Å². The van der Waals surface area contributed by atoms with Crippen LogP contribution in [-0.4, -0.2) is 39.2 Å². The van der Waals surface area contributed by atoms with Crippen LogP contribution in [-0.2, 0) is 6.42 Å². The number of nitrogens with one attached hydrogen (secondary N) is 1. The van der Waals surface area contributed by atoms with Crippen molar-refractivity contribution in [2.24, 2.45) is 0 Å². The fourth-order valence-corrected chi connectivity index (χ4v) is 4.49. The zero-order valence-electron chi connectivity index (χ0n) is 21.0. The lowest BCUT2D eigenvalue weighted by Crippen LogP contribution is -2.37. The number of hydrogen-bond acceptors (Lipinski definition) is 5. The molecule has 0 spiro atoms. The second kappa shape index (κ2) is 11.5. The number of nitrogens with zero attached hydrogens (tertiary/aromatic N) is 3. The summed E-state index contributed by atoms with van der Waals surface area (Å²) >= 11 is 6.60. The predicted octanol–water partition coefficient (Wildman–Crippen LogP) is 5.35. The monoisotopic (exact) mass is 516 g/mol. The van der Waals surface area contributed by atoms with Crippen molar-refractivity contribution in [2.75, 3.05) is 6.61 Å². The molecule has 7 nitrogen and oxygen atoms in total. The number of aryl methyl sites for hydroxylation is 1. The van der Waals surface area contributed by atoms with E-state index in [2.05, 4.69) is 11.4 Å². The summed E-state index contributed by atoms with van der Waals surface area (Å²) in [6.45, 7) is 5.68. The van der Waals surface area contributed by atoms with Gasteiger partial charge in [0.1, 0.15) is 28.3 Å². The number of benzene rings is 2. The number of amides is 1. The molecule has 0 radical (unpaired) electrons. The minimum Gasteiger partial charge on any atom is -0.490 e. The van der Waals surface area contributed by atoms with Crippen LogP contribution in [0.15, 0.2) is 60.8 Å². The molecule has 2 N–H and O–H groups in total. The van der Waals surface area contributed by atoms with Crippen molar-refractivity contribution in [1.82, 2.24) is 14.7 Å². The van der Waals surface area contributed by atoms with E-state index in [-0.39, 0.29) is 24.7 Å². The van der Waals surface area contributed by atoms with Crippen molar-refractivity contribution in [3.8, 4) is 23.1 Å². The van der Waals surface area contributed by atoms with Crippen LogP contribution in [0.5, 0.6) is 5.75 Å². The lowest BCUT2D eigenvalue weighted by atomic mass is 10.0. The van der Waals surface area contributed by atoms with Crippen molar-refractivity contribution < 1.29 is 14.6 Å². The van der Waals surface area contributed by atoms with E-state index in [0.717, 1.165) is 22.3 Å². The third-order valence-corrected chi connectivity index (χ3v) is 6.40. The van der Waals surface area contributed by atoms with Gasteiger partial charge in [-0.2, -0.15) is 5.26 Å². The van der Waals surface area contributed by atoms with E-state index in [4.69, 9.17) is 21.3 Å². The number of rotatable bonds is 9. The molecule has 2 aromatic heterocycles. The molecule has 0 aliphatic heterocycles. The number of aromatic nitrogens is 2. The fraction of sp³-hybridized carbons (Fsp3) is 0.276. The third-order valence-electron chi connectivity index (χ3n) is 6.03. The first-order valence-electron chi connectivity index (χ1n) is 12.2. The SMILES string of the molecule is Cc1cccn2c(Cl)c(-c3ccc(C[C@@H](CCO)NC(=O)c4ccc(OC(C)C)c(C#N)c4)cc3)nc12. The van der Waals surface area contributed by atoms with Gasteiger partial charge in [-0.05, 0) is 69.0 Å². The first-order chi connectivity index (χ1) is 17.8. The maximum Gasteiger partial charge on any atom is 0.251 e. The Balaban J connectivity index is 1.49. The fourth-order valence-electron chi connectivity index (χ4n) is 4.21. The number of ether oxygens (including phenoxy) is 1. The van der Waals surface area contributed by atoms with E-state index < -0.39 is 0 Å². The zero-order chi connectivity index (χ0) is 26.5. The molecule has 190 valence electrons. The average molecular weight is 517 g/mol. The van der Waals surface area contributed by atoms with Gasteiger partial charge in [0.2, 0.25) is 0 Å². The van der Waals surface area contributed by atoms with Crippen molar-refractivity contribution in [3.05, 3.63) is 88.2 Å². The quantitative estimate of drug-likeness (QED) is 0.312. The van der Waals surface area contributed by atoms with Crippen LogP contribution in [0.3, 0.4) is 0 Å². The van der Waals surface area contributed by atoms with Crippen LogP contribution in [0.2, 0.25) is 5.15 Å². The van der Waals surface area contributed by atoms with E-state index in [1.165, 1.54) is 6.07 Å². The number of aliphatic hydroxyl groups excluding tert-OH is 1. The number of aliphatic hydroxyl groups is 1. The van der Waals surface area contributed by atoms with Gasteiger partial charge in [-0.15, -0.1) is 0 Å². The first-order valence-corrected chi connectivity index (χ1v) is 12.5. The maximum absolute atomic E-state index is 12.9. The molecule has 4 aromatic rings. The Kier molecular flexibility index (Phi) is 8.12. The van der Waals surface area contributed by atoms with Crippen LogP contribution in [0.4, 0.5) is 0 Å². The van der Waals surface area contributed by atoms with Gasteiger partial charge in [-0.1, -0.05) is 41.9 Å². The van der Waals surface area contributed by atoms with Crippen molar-refractivity contribution >= 4 is 23.2 Å². The third kappa shape index (κ3) is 5.93. The Hall–Kier alpha value is -3.86. The Morgan fingerprint density at radius 2 is 1.97 bits per heavy atom. The summed E-state index contributed by atoms with van der Waals surface area (Å²) < 4.78 is 7.51. The normalized spacial score (nSPS) is 11.9. The minimum atomic E-state index is -0.311. The summed E-state index contributed by atoms with van der Waals surface area (Å²) in [7, 11) is 0. The predicted molar refractivity (Wildman–Crippen MR) is 144 cm³/mol. The summed E-state index contributed by atoms with van der Waals surface area (Å²) in [4.78, 5) is 17.7. The number of halogens is 1. The highest BCUT2D eigenvalue weighted by Crippen LogP contribution is 2.30. The number of nitriles is 1. The topological polar surface area (TPSA) is 99.6 Å². The zero-order valence-corrected chi connectivity index (χ0v) is 21.8. The van der Waals surface area contributed by atoms with Crippen molar-refractivity contribution in [2.45, 2.75) is 45.8 Å². The molecule has 1 amide bonds. The Bertz CT molecular complexity index is 1450. The number of hydrogen-bond donors (Lipinski definition) is 2. The van der Waals surface area contributed by atoms with Gasteiger partial charge in [0.25, 0.3) is 5.91 Å². The van der Waals surface area contributed by atoms with Crippen LogP contribution >= 0.6 is 11.6 Å². The molecule has 4 rings (SSSR count). The second-order valence-corrected chi connectivity index (χ2v) is 9.57. The minimum absolute atomic E-state index is 0.0656. The number of pyridine rings is 1. The van der Waals surface area contributed by atoms with Crippen LogP contribution < -0.4 is 10.1 Å². The molecule has 0 saturated heterocycles. The maximum atomic E-state index is 12.9. The molecule has 0 unspecified atom stereocenters. The highest BCUT2D eigenvalue weighted by atomic mass is 35.5. The molecule has 8 heteroatoms. The molecule has 2 heterocycles. The molecule has 0 bridgehead atoms. The molecule has 0 fully saturated rings. The van der Waals surface area contributed by atoms with Gasteiger partial charge < -0.3 is 15.2 Å². The van der Waals surface area contributed by atoms with E-state index >= 15 is 0 Å². The molecule has 1 atom stereocenters. The van der Waals surface area contributed by atoms with Crippen molar-refractivity contribution in [1.29, 1.82) is 5.26 Å². The smallest absolute Gasteiger partial charge is 0.251 e. The summed E-state index contributed by atoms with van der Waals surface area (Å²) in [5.41, 5.74) is 5.13. The van der Waals surface area contributed by atoms with Gasteiger partial charge in [0.05, 0.1) is 11.7 Å². The molecule has 0 aliphatic carbocycles. The lowest BCUT2D eigenvalue weighted by Gasteiger charge is -2.19. The van der Waals surface area contributed by atoms with E-state index in [1.54, 1.807) is 12.1 Å². The van der Waals surface area contributed by atoms with Gasteiger partial charge >= 0.3 is 0 Å². The molecular formula is C29H29ClN4O3. The van der Waals surface area contributed by atoms with Gasteiger partial charge in [0.15, 0.2) is 0 Å². The van der Waals surface area contributed by atoms with Crippen LogP contribution in [0.1, 0.15) is 47.3 Å². The Morgan fingerprint density at radius 1 is 1.22 bits per heavy atom. The summed E-state index contributed by atoms with van der Waals surface area (Å²) in [6.07, 6.45) is 2.73. The summed E-state index contributed by atoms with van der Waals surface area (Å²) in [5.74, 6) is 0.136. The number of imidazole rings is 1. The Labute approximate surface area is 221 Å². The Morgan fingerprint density at radius 3 is 2.62 bits per heavy atom. The standard InChI is InChI=1S/C29H29ClN4O3/c1-18(2)37-25-11-10-22(16-23(25)17-31)29(36)32-24(12-14-35)15-20-6-8-21(9-7-20)26-27(30)34-13-4-5-19(3)28(34)33-26/h4-11,13,16,18,24,35H,12,14-15H2,1-3H3,(H,32,36)/t24-/m1/s1. The van der Waals surface area contributed by atoms with E-state index in [9.17, 15) is 15.2 Å². The van der Waals surface area contributed by atoms with E-state index in [1.807, 2.05) is 67.8 Å². The average Bonchev–Trinajstić information content (AvgIpc) is 3.22. The molecule has 0 saturated carbocycles. The van der Waals surface area contributed by atoms with E-state index in [0.29, 0.717) is 40.6 Å². The highest BCUT2D eigenvalue weighted by molar-refractivity contribution is 6.32. The number of fused-ring (bicyclic) bond motifs is 1. The lowest BCUT2D eigenvalue weighted by molar-refractivity contribution is 0.0930. The molecule has 2 aromatic carbocycles. The molecule has 0 aliphatic rings. The number of carbonyl (C=O) groups excluding carboxylic acids is 1. The van der Waals surface area contributed by atoms with Crippen LogP contribution in [0, 0.1) is 18.3 Å². The summed E-state index contributed by atoms with van der Waals surface area (Å²) in [6, 6.07) is 18.4. The first kappa shape index (κ1) is 26.2. The summed E-state index contributed by atoms with van der Waals surface area (Å²) in [5, 5.41) is 22.6. The molecule has 37 heavy (non-hydrogen) atoms.